The molecule has 0 aliphatic carbocycles. The Labute approximate surface area is 127 Å². The third kappa shape index (κ3) is 4.85. The maximum Gasteiger partial charge on any atom is 0.317 e. The van der Waals surface area contributed by atoms with Gasteiger partial charge in [0.15, 0.2) is 0 Å². The van der Waals surface area contributed by atoms with Crippen molar-refractivity contribution < 1.29 is 14.3 Å². The number of carbonyl (C=O) groups is 1. The highest BCUT2D eigenvalue weighted by Crippen LogP contribution is 2.25. The Balaban J connectivity index is 2.77. The van der Waals surface area contributed by atoms with Crippen LogP contribution >= 0.6 is 0 Å². The number of nitrogens with one attached hydrogen (secondary N) is 1. The van der Waals surface area contributed by atoms with Crippen molar-refractivity contribution in [3.05, 3.63) is 23.8 Å². The molecule has 5 nitrogen and oxygen atoms in total. The van der Waals surface area contributed by atoms with Gasteiger partial charge in [-0.2, -0.15) is 0 Å². The van der Waals surface area contributed by atoms with Gasteiger partial charge >= 0.3 is 6.03 Å². The lowest BCUT2D eigenvalue weighted by Crippen LogP contribution is -2.42. The van der Waals surface area contributed by atoms with E-state index in [0.29, 0.717) is 6.54 Å². The van der Waals surface area contributed by atoms with E-state index in [-0.39, 0.29) is 12.1 Å². The fraction of sp³-hybridized carbons (Fsp3) is 0.562. The molecule has 0 bridgehead atoms. The van der Waals surface area contributed by atoms with Crippen molar-refractivity contribution >= 4 is 6.03 Å². The molecule has 1 rings (SSSR count). The van der Waals surface area contributed by atoms with Gasteiger partial charge in [-0.1, -0.05) is 13.8 Å². The van der Waals surface area contributed by atoms with E-state index in [9.17, 15) is 4.79 Å². The molecule has 0 saturated carbocycles. The van der Waals surface area contributed by atoms with Crippen molar-refractivity contribution in [3.63, 3.8) is 0 Å². The van der Waals surface area contributed by atoms with Gasteiger partial charge in [-0.3, -0.25) is 0 Å². The van der Waals surface area contributed by atoms with Gasteiger partial charge in [-0.05, 0) is 31.0 Å². The summed E-state index contributed by atoms with van der Waals surface area (Å²) in [6.07, 6.45) is 1.86. The minimum absolute atomic E-state index is 0.0754. The Bertz CT molecular complexity index is 459. The van der Waals surface area contributed by atoms with Gasteiger partial charge in [0, 0.05) is 18.7 Å². The molecule has 0 heterocycles. The maximum absolute atomic E-state index is 12.2. The van der Waals surface area contributed by atoms with Crippen LogP contribution in [0.4, 0.5) is 4.79 Å². The lowest BCUT2D eigenvalue weighted by Gasteiger charge is -2.23. The smallest absolute Gasteiger partial charge is 0.317 e. The molecule has 0 aliphatic rings. The number of nitrogens with zero attached hydrogens (tertiary/aromatic N) is 1. The monoisotopic (exact) mass is 294 g/mol. The zero-order valence-electron chi connectivity index (χ0n) is 13.6. The molecule has 0 unspecified atom stereocenters. The Morgan fingerprint density at radius 3 is 2.43 bits per heavy atom. The highest BCUT2D eigenvalue weighted by Gasteiger charge is 2.15. The summed E-state index contributed by atoms with van der Waals surface area (Å²) in [6.45, 7) is 4.60. The Morgan fingerprint density at radius 1 is 1.24 bits per heavy atom. The van der Waals surface area contributed by atoms with Crippen LogP contribution in [0.3, 0.4) is 0 Å². The number of benzene rings is 1. The molecule has 2 amide bonds. The summed E-state index contributed by atoms with van der Waals surface area (Å²) >= 11 is 0. The van der Waals surface area contributed by atoms with Crippen molar-refractivity contribution in [2.45, 2.75) is 39.3 Å². The van der Waals surface area contributed by atoms with Gasteiger partial charge < -0.3 is 19.7 Å². The normalized spacial score (nSPS) is 10.4. The molecule has 118 valence electrons. The van der Waals surface area contributed by atoms with Crippen LogP contribution in [0.5, 0.6) is 11.5 Å². The van der Waals surface area contributed by atoms with Crippen molar-refractivity contribution in [1.82, 2.24) is 10.2 Å². The van der Waals surface area contributed by atoms with E-state index in [2.05, 4.69) is 19.2 Å². The number of amides is 2. The first-order valence-corrected chi connectivity index (χ1v) is 7.28. The first-order valence-electron chi connectivity index (χ1n) is 7.28. The third-order valence-electron chi connectivity index (χ3n) is 3.55. The van der Waals surface area contributed by atoms with Crippen molar-refractivity contribution in [1.29, 1.82) is 0 Å². The Kier molecular flexibility index (Phi) is 6.85. The predicted octanol–water partition coefficient (Wildman–Crippen LogP) is 3.03. The second-order valence-corrected chi connectivity index (χ2v) is 5.00. The van der Waals surface area contributed by atoms with E-state index in [1.165, 1.54) is 0 Å². The van der Waals surface area contributed by atoms with Crippen LogP contribution in [0.15, 0.2) is 18.2 Å². The van der Waals surface area contributed by atoms with Gasteiger partial charge in [0.1, 0.15) is 11.5 Å². The highest BCUT2D eigenvalue weighted by atomic mass is 16.5. The molecule has 0 aliphatic heterocycles. The molecule has 0 fully saturated rings. The summed E-state index contributed by atoms with van der Waals surface area (Å²) in [7, 11) is 5.02. The minimum atomic E-state index is -0.0754. The van der Waals surface area contributed by atoms with Crippen molar-refractivity contribution in [2.75, 3.05) is 21.3 Å². The molecule has 0 atom stereocenters. The molecule has 0 saturated heterocycles. The number of ether oxygens (including phenoxy) is 2. The first kappa shape index (κ1) is 17.1. The fourth-order valence-corrected chi connectivity index (χ4v) is 2.11. The predicted molar refractivity (Wildman–Crippen MR) is 83.9 cm³/mol. The van der Waals surface area contributed by atoms with Crippen LogP contribution in [0.25, 0.3) is 0 Å². The molecule has 0 radical (unpaired) electrons. The third-order valence-corrected chi connectivity index (χ3v) is 3.55. The zero-order chi connectivity index (χ0) is 15.8. The number of carbonyl (C=O) groups excluding carboxylic acids is 1. The number of urea groups is 1. The zero-order valence-corrected chi connectivity index (χ0v) is 13.6. The Morgan fingerprint density at radius 2 is 1.90 bits per heavy atom. The summed E-state index contributed by atoms with van der Waals surface area (Å²) in [4.78, 5) is 13.8. The first-order chi connectivity index (χ1) is 10.0. The van der Waals surface area contributed by atoms with Gasteiger partial charge in [-0.15, -0.1) is 0 Å². The SMILES string of the molecule is CCC(CC)NC(=O)N(C)Cc1cc(OC)ccc1OC. The van der Waals surface area contributed by atoms with Crippen LogP contribution in [-0.2, 0) is 6.54 Å². The van der Waals surface area contributed by atoms with Crippen LogP contribution in [0.2, 0.25) is 0 Å². The van der Waals surface area contributed by atoms with Crippen molar-refractivity contribution in [3.8, 4) is 11.5 Å². The molecule has 1 aromatic carbocycles. The molecule has 1 N–H and O–H groups in total. The second kappa shape index (κ2) is 8.39. The minimum Gasteiger partial charge on any atom is -0.497 e. The lowest BCUT2D eigenvalue weighted by atomic mass is 10.1. The van der Waals surface area contributed by atoms with Gasteiger partial charge in [0.2, 0.25) is 0 Å². The highest BCUT2D eigenvalue weighted by molar-refractivity contribution is 5.74. The summed E-state index contributed by atoms with van der Waals surface area (Å²) < 4.78 is 10.6. The number of rotatable bonds is 7. The average molecular weight is 294 g/mol. The quantitative estimate of drug-likeness (QED) is 0.841. The molecular weight excluding hydrogens is 268 g/mol. The van der Waals surface area contributed by atoms with Crippen molar-refractivity contribution in [2.24, 2.45) is 0 Å². The molecule has 0 aromatic heterocycles. The van der Waals surface area contributed by atoms with Gasteiger partial charge in [0.25, 0.3) is 0 Å². The molecule has 1 aromatic rings. The van der Waals surface area contributed by atoms with Crippen LogP contribution in [-0.4, -0.2) is 38.2 Å². The summed E-state index contributed by atoms with van der Waals surface area (Å²) in [5, 5.41) is 3.02. The number of hydrogen-bond acceptors (Lipinski definition) is 3. The Hall–Kier alpha value is -1.91. The molecule has 0 spiro atoms. The number of methoxy groups -OCH3 is 2. The van der Waals surface area contributed by atoms with Crippen LogP contribution in [0.1, 0.15) is 32.3 Å². The standard InChI is InChI=1S/C16H26N2O3/c1-6-13(7-2)17-16(19)18(3)11-12-10-14(20-4)8-9-15(12)21-5/h8-10,13H,6-7,11H2,1-5H3,(H,17,19). The van der Waals surface area contributed by atoms with E-state index >= 15 is 0 Å². The number of hydrogen-bond donors (Lipinski definition) is 1. The van der Waals surface area contributed by atoms with E-state index in [1.807, 2.05) is 18.2 Å². The summed E-state index contributed by atoms with van der Waals surface area (Å²) in [5.41, 5.74) is 0.916. The van der Waals surface area contributed by atoms with Gasteiger partial charge in [-0.25, -0.2) is 4.79 Å². The van der Waals surface area contributed by atoms with E-state index in [4.69, 9.17) is 9.47 Å². The van der Waals surface area contributed by atoms with E-state index < -0.39 is 0 Å². The second-order valence-electron chi connectivity index (χ2n) is 5.00. The van der Waals surface area contributed by atoms with E-state index in [0.717, 1.165) is 29.9 Å². The van der Waals surface area contributed by atoms with Crippen LogP contribution < -0.4 is 14.8 Å². The van der Waals surface area contributed by atoms with Gasteiger partial charge in [0.05, 0.1) is 20.8 Å². The maximum atomic E-state index is 12.2. The largest absolute Gasteiger partial charge is 0.497 e. The molecule has 5 heteroatoms. The molecule has 21 heavy (non-hydrogen) atoms. The molecular formula is C16H26N2O3. The fourth-order valence-electron chi connectivity index (χ4n) is 2.11. The van der Waals surface area contributed by atoms with Crippen LogP contribution in [0, 0.1) is 0 Å². The summed E-state index contributed by atoms with van der Waals surface area (Å²) in [5.74, 6) is 1.50. The summed E-state index contributed by atoms with van der Waals surface area (Å²) in [6, 6.07) is 5.72. The topological polar surface area (TPSA) is 50.8 Å². The average Bonchev–Trinajstić information content (AvgIpc) is 2.51. The van der Waals surface area contributed by atoms with E-state index in [1.54, 1.807) is 26.2 Å². The lowest BCUT2D eigenvalue weighted by molar-refractivity contribution is 0.201.